The number of pyridine rings is 1. The minimum absolute atomic E-state index is 0.328. The molecule has 1 aliphatic rings. The van der Waals surface area contributed by atoms with Crippen molar-refractivity contribution in [2.24, 2.45) is 0 Å². The summed E-state index contributed by atoms with van der Waals surface area (Å²) in [6, 6.07) is 1.96. The van der Waals surface area contributed by atoms with Crippen molar-refractivity contribution in [3.05, 3.63) is 22.9 Å². The van der Waals surface area contributed by atoms with Crippen LogP contribution in [-0.4, -0.2) is 58.1 Å². The van der Waals surface area contributed by atoms with Crippen molar-refractivity contribution >= 4 is 11.8 Å². The van der Waals surface area contributed by atoms with Gasteiger partial charge < -0.3 is 19.1 Å². The Kier molecular flexibility index (Phi) is 6.15. The lowest BCUT2D eigenvalue weighted by Crippen LogP contribution is -2.37. The highest BCUT2D eigenvalue weighted by atomic mass is 16.5. The molecule has 22 heavy (non-hydrogen) atoms. The number of rotatable bonds is 6. The molecule has 2 heterocycles. The first kappa shape index (κ1) is 16.7. The second-order valence-electron chi connectivity index (χ2n) is 5.31. The lowest BCUT2D eigenvalue weighted by atomic mass is 10.0. The van der Waals surface area contributed by atoms with E-state index in [1.165, 1.54) is 7.11 Å². The monoisotopic (exact) mass is 308 g/mol. The van der Waals surface area contributed by atoms with E-state index in [1.54, 1.807) is 7.11 Å². The molecule has 0 aliphatic carbocycles. The fourth-order valence-corrected chi connectivity index (χ4v) is 2.62. The lowest BCUT2D eigenvalue weighted by molar-refractivity contribution is 0.0597. The zero-order valence-corrected chi connectivity index (χ0v) is 13.6. The van der Waals surface area contributed by atoms with Crippen LogP contribution in [0.2, 0.25) is 0 Å². The molecule has 1 aliphatic heterocycles. The number of methoxy groups -OCH3 is 2. The van der Waals surface area contributed by atoms with Crippen LogP contribution in [0, 0.1) is 6.92 Å². The second kappa shape index (κ2) is 8.10. The molecule has 0 unspecified atom stereocenters. The van der Waals surface area contributed by atoms with Gasteiger partial charge in [-0.05, 0) is 31.4 Å². The summed E-state index contributed by atoms with van der Waals surface area (Å²) in [7, 11) is 3.07. The van der Waals surface area contributed by atoms with E-state index in [0.717, 1.165) is 36.6 Å². The zero-order valence-electron chi connectivity index (χ0n) is 13.6. The van der Waals surface area contributed by atoms with Crippen LogP contribution >= 0.6 is 0 Å². The van der Waals surface area contributed by atoms with E-state index >= 15 is 0 Å². The first-order valence-electron chi connectivity index (χ1n) is 7.57. The quantitative estimate of drug-likeness (QED) is 0.587. The number of morpholine rings is 1. The van der Waals surface area contributed by atoms with E-state index < -0.39 is 0 Å². The van der Waals surface area contributed by atoms with Crippen LogP contribution < -0.4 is 4.90 Å². The maximum Gasteiger partial charge on any atom is 0.339 e. The molecule has 0 amide bonds. The molecule has 0 radical (unpaired) electrons. The smallest absolute Gasteiger partial charge is 0.339 e. The van der Waals surface area contributed by atoms with Crippen LogP contribution in [0.4, 0.5) is 5.82 Å². The van der Waals surface area contributed by atoms with Crippen molar-refractivity contribution in [3.8, 4) is 0 Å². The first-order chi connectivity index (χ1) is 10.7. The highest BCUT2D eigenvalue weighted by molar-refractivity contribution is 5.92. The lowest BCUT2D eigenvalue weighted by Gasteiger charge is -2.29. The summed E-state index contributed by atoms with van der Waals surface area (Å²) in [4.78, 5) is 19.0. The number of esters is 1. The van der Waals surface area contributed by atoms with Crippen LogP contribution in [0.1, 0.15) is 28.0 Å². The summed E-state index contributed by atoms with van der Waals surface area (Å²) in [5.74, 6) is 0.576. The normalized spacial score (nSPS) is 15.0. The Bertz CT molecular complexity index is 513. The summed E-state index contributed by atoms with van der Waals surface area (Å²) < 4.78 is 15.4. The molecule has 0 N–H and O–H groups in total. The Hall–Kier alpha value is -1.66. The SMILES string of the molecule is COCCCc1nc(N2CCOCC2)cc(C)c1C(=O)OC. The number of anilines is 1. The molecule has 1 aromatic heterocycles. The molecule has 2 rings (SSSR count). The van der Waals surface area contributed by atoms with E-state index in [2.05, 4.69) is 4.90 Å². The minimum atomic E-state index is -0.328. The number of carbonyl (C=O) groups excluding carboxylic acids is 1. The maximum absolute atomic E-state index is 12.0. The Balaban J connectivity index is 2.31. The number of ether oxygens (including phenoxy) is 3. The molecular weight excluding hydrogens is 284 g/mol. The van der Waals surface area contributed by atoms with E-state index in [0.29, 0.717) is 31.8 Å². The molecule has 1 aromatic rings. The Morgan fingerprint density at radius 2 is 2.09 bits per heavy atom. The van der Waals surface area contributed by atoms with Crippen molar-refractivity contribution in [2.45, 2.75) is 19.8 Å². The topological polar surface area (TPSA) is 60.9 Å². The van der Waals surface area contributed by atoms with Gasteiger partial charge in [0.2, 0.25) is 0 Å². The fraction of sp³-hybridized carbons (Fsp3) is 0.625. The molecular formula is C16H24N2O4. The summed E-state index contributed by atoms with van der Waals surface area (Å²) in [6.07, 6.45) is 1.51. The van der Waals surface area contributed by atoms with Gasteiger partial charge >= 0.3 is 5.97 Å². The first-order valence-corrected chi connectivity index (χ1v) is 7.57. The largest absolute Gasteiger partial charge is 0.465 e. The van der Waals surface area contributed by atoms with Crippen LogP contribution in [0.3, 0.4) is 0 Å². The van der Waals surface area contributed by atoms with E-state index in [4.69, 9.17) is 19.2 Å². The summed E-state index contributed by atoms with van der Waals surface area (Å²) in [5.41, 5.74) is 2.26. The van der Waals surface area contributed by atoms with Crippen LogP contribution in [0.15, 0.2) is 6.07 Å². The van der Waals surface area contributed by atoms with Gasteiger partial charge in [0.05, 0.1) is 31.6 Å². The van der Waals surface area contributed by atoms with Gasteiger partial charge in [0.25, 0.3) is 0 Å². The predicted octanol–water partition coefficient (Wildman–Crippen LogP) is 1.59. The highest BCUT2D eigenvalue weighted by Gasteiger charge is 2.20. The Labute approximate surface area is 131 Å². The maximum atomic E-state index is 12.0. The molecule has 0 bridgehead atoms. The van der Waals surface area contributed by atoms with Gasteiger partial charge in [-0.3, -0.25) is 0 Å². The molecule has 122 valence electrons. The molecule has 0 spiro atoms. The van der Waals surface area contributed by atoms with Gasteiger partial charge in [0, 0.05) is 26.8 Å². The Morgan fingerprint density at radius 1 is 1.36 bits per heavy atom. The molecule has 0 aromatic carbocycles. The summed E-state index contributed by atoms with van der Waals surface area (Å²) in [6.45, 7) is 5.63. The van der Waals surface area contributed by atoms with Gasteiger partial charge in [-0.1, -0.05) is 0 Å². The van der Waals surface area contributed by atoms with Crippen molar-refractivity contribution < 1.29 is 19.0 Å². The average molecular weight is 308 g/mol. The Morgan fingerprint density at radius 3 is 2.73 bits per heavy atom. The standard InChI is InChI=1S/C16H24N2O4/c1-12-11-14(18-6-9-22-10-7-18)17-13(5-4-8-20-2)15(12)16(19)21-3/h11H,4-10H2,1-3H3. The number of nitrogens with zero attached hydrogens (tertiary/aromatic N) is 2. The van der Waals surface area contributed by atoms with E-state index in [-0.39, 0.29) is 5.97 Å². The highest BCUT2D eigenvalue weighted by Crippen LogP contribution is 2.22. The zero-order chi connectivity index (χ0) is 15.9. The van der Waals surface area contributed by atoms with Crippen molar-refractivity contribution in [1.29, 1.82) is 0 Å². The van der Waals surface area contributed by atoms with Gasteiger partial charge in [-0.25, -0.2) is 9.78 Å². The van der Waals surface area contributed by atoms with Crippen molar-refractivity contribution in [1.82, 2.24) is 4.98 Å². The van der Waals surface area contributed by atoms with Gasteiger partial charge in [0.15, 0.2) is 0 Å². The van der Waals surface area contributed by atoms with Gasteiger partial charge in [-0.2, -0.15) is 0 Å². The fourth-order valence-electron chi connectivity index (χ4n) is 2.62. The number of aryl methyl sites for hydroxylation is 2. The molecule has 6 heteroatoms. The number of carbonyl (C=O) groups is 1. The van der Waals surface area contributed by atoms with Crippen LogP contribution in [0.25, 0.3) is 0 Å². The predicted molar refractivity (Wildman–Crippen MR) is 83.5 cm³/mol. The van der Waals surface area contributed by atoms with Crippen LogP contribution in [0.5, 0.6) is 0 Å². The van der Waals surface area contributed by atoms with Crippen LogP contribution in [-0.2, 0) is 20.6 Å². The minimum Gasteiger partial charge on any atom is -0.465 e. The number of hydrogen-bond donors (Lipinski definition) is 0. The molecule has 1 fully saturated rings. The molecule has 0 atom stereocenters. The number of aromatic nitrogens is 1. The van der Waals surface area contributed by atoms with E-state index in [9.17, 15) is 4.79 Å². The van der Waals surface area contributed by atoms with Gasteiger partial charge in [0.1, 0.15) is 5.82 Å². The summed E-state index contributed by atoms with van der Waals surface area (Å²) >= 11 is 0. The van der Waals surface area contributed by atoms with Gasteiger partial charge in [-0.15, -0.1) is 0 Å². The third-order valence-electron chi connectivity index (χ3n) is 3.76. The molecule has 0 saturated carbocycles. The third-order valence-corrected chi connectivity index (χ3v) is 3.76. The molecule has 6 nitrogen and oxygen atoms in total. The van der Waals surface area contributed by atoms with Crippen molar-refractivity contribution in [2.75, 3.05) is 52.0 Å². The number of hydrogen-bond acceptors (Lipinski definition) is 6. The van der Waals surface area contributed by atoms with E-state index in [1.807, 2.05) is 13.0 Å². The summed E-state index contributed by atoms with van der Waals surface area (Å²) in [5, 5.41) is 0. The second-order valence-corrected chi connectivity index (χ2v) is 5.31. The molecule has 1 saturated heterocycles. The third kappa shape index (κ3) is 3.96. The average Bonchev–Trinajstić information content (AvgIpc) is 2.55. The van der Waals surface area contributed by atoms with Crippen molar-refractivity contribution in [3.63, 3.8) is 0 Å².